The van der Waals surface area contributed by atoms with E-state index in [-0.39, 0.29) is 0 Å². The number of hydrogen-bond donors (Lipinski definition) is 1. The normalized spacial score (nSPS) is 10.1. The summed E-state index contributed by atoms with van der Waals surface area (Å²) in [6, 6.07) is 7.35. The molecule has 92 valence electrons. The molecule has 0 spiro atoms. The number of hydrogen-bond acceptors (Lipinski definition) is 4. The van der Waals surface area contributed by atoms with Crippen molar-refractivity contribution in [2.75, 3.05) is 5.32 Å². The molecular formula is C13H12ClN3O. The largest absolute Gasteiger partial charge is 0.444 e. The number of halogens is 1. The molecule has 2 aromatic rings. The average molecular weight is 262 g/mol. The number of nitrogens with zero attached hydrogens (tertiary/aromatic N) is 2. The Bertz CT molecular complexity index is 586. The van der Waals surface area contributed by atoms with Gasteiger partial charge < -0.3 is 9.73 Å². The third kappa shape index (κ3) is 2.63. The standard InChI is InChI=1S/C13H12ClN3O/c1-2-9-7-17-13(18-9)8-16-12-5-3-4-11(14)10(12)6-15/h3-5,7,16H,2,8H2,1H3. The molecule has 0 saturated carbocycles. The average Bonchev–Trinajstić information content (AvgIpc) is 2.84. The molecule has 1 N–H and O–H groups in total. The zero-order valence-corrected chi connectivity index (χ0v) is 10.7. The molecule has 2 rings (SSSR count). The van der Waals surface area contributed by atoms with Gasteiger partial charge >= 0.3 is 0 Å². The van der Waals surface area contributed by atoms with Gasteiger partial charge in [0.05, 0.1) is 29.0 Å². The molecule has 5 heteroatoms. The van der Waals surface area contributed by atoms with E-state index in [0.717, 1.165) is 12.2 Å². The minimum absolute atomic E-state index is 0.426. The lowest BCUT2D eigenvalue weighted by molar-refractivity contribution is 0.466. The third-order valence-corrected chi connectivity index (χ3v) is 2.82. The van der Waals surface area contributed by atoms with Crippen LogP contribution in [0.3, 0.4) is 0 Å². The Hall–Kier alpha value is -1.99. The molecule has 18 heavy (non-hydrogen) atoms. The Balaban J connectivity index is 2.11. The van der Waals surface area contributed by atoms with E-state index in [0.29, 0.717) is 28.7 Å². The zero-order chi connectivity index (χ0) is 13.0. The van der Waals surface area contributed by atoms with Gasteiger partial charge in [-0.2, -0.15) is 5.26 Å². The first-order valence-electron chi connectivity index (χ1n) is 5.60. The van der Waals surface area contributed by atoms with Gasteiger partial charge in [-0.3, -0.25) is 0 Å². The molecule has 0 atom stereocenters. The van der Waals surface area contributed by atoms with Gasteiger partial charge in [-0.15, -0.1) is 0 Å². The molecule has 0 unspecified atom stereocenters. The first kappa shape index (κ1) is 12.5. The van der Waals surface area contributed by atoms with Gasteiger partial charge in [0.2, 0.25) is 5.89 Å². The summed E-state index contributed by atoms with van der Waals surface area (Å²) in [6.07, 6.45) is 2.52. The van der Waals surface area contributed by atoms with E-state index in [9.17, 15) is 0 Å². The van der Waals surface area contributed by atoms with Crippen LogP contribution in [0.15, 0.2) is 28.8 Å². The molecule has 0 radical (unpaired) electrons. The lowest BCUT2D eigenvalue weighted by atomic mass is 10.2. The molecule has 0 amide bonds. The number of anilines is 1. The molecule has 1 aromatic heterocycles. The van der Waals surface area contributed by atoms with E-state index >= 15 is 0 Å². The number of aromatic nitrogens is 1. The Kier molecular flexibility index (Phi) is 3.85. The molecule has 0 bridgehead atoms. The molecular weight excluding hydrogens is 250 g/mol. The van der Waals surface area contributed by atoms with Crippen LogP contribution in [-0.4, -0.2) is 4.98 Å². The summed E-state index contributed by atoms with van der Waals surface area (Å²) in [7, 11) is 0. The third-order valence-electron chi connectivity index (χ3n) is 2.51. The van der Waals surface area contributed by atoms with E-state index in [4.69, 9.17) is 21.3 Å². The number of nitrogens with one attached hydrogen (secondary N) is 1. The van der Waals surface area contributed by atoms with Gasteiger partial charge in [-0.05, 0) is 12.1 Å². The number of oxazole rings is 1. The van der Waals surface area contributed by atoms with Crippen LogP contribution in [0.1, 0.15) is 24.1 Å². The number of nitriles is 1. The van der Waals surface area contributed by atoms with E-state index in [1.54, 1.807) is 24.4 Å². The Labute approximate surface area is 110 Å². The van der Waals surface area contributed by atoms with E-state index in [1.807, 2.05) is 6.92 Å². The van der Waals surface area contributed by atoms with Gasteiger partial charge in [0.25, 0.3) is 0 Å². The Morgan fingerprint density at radius 3 is 3.00 bits per heavy atom. The van der Waals surface area contributed by atoms with Crippen molar-refractivity contribution in [1.82, 2.24) is 4.98 Å². The fourth-order valence-corrected chi connectivity index (χ4v) is 1.77. The predicted molar refractivity (Wildman–Crippen MR) is 69.4 cm³/mol. The van der Waals surface area contributed by atoms with Crippen molar-refractivity contribution in [1.29, 1.82) is 5.26 Å². The van der Waals surface area contributed by atoms with Crippen LogP contribution in [0, 0.1) is 11.3 Å². The van der Waals surface area contributed by atoms with Gasteiger partial charge in [-0.1, -0.05) is 24.6 Å². The first-order chi connectivity index (χ1) is 8.74. The number of rotatable bonds is 4. The van der Waals surface area contributed by atoms with Crippen molar-refractivity contribution in [2.24, 2.45) is 0 Å². The summed E-state index contributed by atoms with van der Waals surface area (Å²) in [5.41, 5.74) is 1.11. The number of benzene rings is 1. The van der Waals surface area contributed by atoms with Crippen LogP contribution in [0.2, 0.25) is 5.02 Å². The fourth-order valence-electron chi connectivity index (χ4n) is 1.55. The molecule has 0 aliphatic heterocycles. The molecule has 0 aliphatic rings. The highest BCUT2D eigenvalue weighted by atomic mass is 35.5. The fraction of sp³-hybridized carbons (Fsp3) is 0.231. The smallest absolute Gasteiger partial charge is 0.213 e. The van der Waals surface area contributed by atoms with Crippen LogP contribution in [0.25, 0.3) is 0 Å². The van der Waals surface area contributed by atoms with Gasteiger partial charge in [-0.25, -0.2) is 4.98 Å². The van der Waals surface area contributed by atoms with Gasteiger partial charge in [0.15, 0.2) is 0 Å². The quantitative estimate of drug-likeness (QED) is 0.917. The minimum Gasteiger partial charge on any atom is -0.444 e. The number of aryl methyl sites for hydroxylation is 1. The van der Waals surface area contributed by atoms with E-state index in [1.165, 1.54) is 0 Å². The van der Waals surface area contributed by atoms with Crippen molar-refractivity contribution in [3.63, 3.8) is 0 Å². The molecule has 1 heterocycles. The second kappa shape index (κ2) is 5.56. The highest BCUT2D eigenvalue weighted by molar-refractivity contribution is 6.32. The van der Waals surface area contributed by atoms with Crippen molar-refractivity contribution in [3.8, 4) is 6.07 Å². The SMILES string of the molecule is CCc1cnc(CNc2cccc(Cl)c2C#N)o1. The minimum atomic E-state index is 0.426. The van der Waals surface area contributed by atoms with E-state index in [2.05, 4.69) is 16.4 Å². The second-order valence-corrected chi connectivity index (χ2v) is 4.11. The van der Waals surface area contributed by atoms with Crippen molar-refractivity contribution >= 4 is 17.3 Å². The molecule has 1 aromatic carbocycles. The topological polar surface area (TPSA) is 61.9 Å². The van der Waals surface area contributed by atoms with Crippen LogP contribution >= 0.6 is 11.6 Å². The van der Waals surface area contributed by atoms with Crippen LogP contribution in [0.4, 0.5) is 5.69 Å². The molecule has 0 aliphatic carbocycles. The van der Waals surface area contributed by atoms with Gasteiger partial charge in [0, 0.05) is 6.42 Å². The summed E-state index contributed by atoms with van der Waals surface area (Å²) in [5, 5.41) is 12.6. The molecule has 0 saturated heterocycles. The molecule has 4 nitrogen and oxygen atoms in total. The summed E-state index contributed by atoms with van der Waals surface area (Å²) >= 11 is 5.94. The summed E-state index contributed by atoms with van der Waals surface area (Å²) in [6.45, 7) is 2.43. The van der Waals surface area contributed by atoms with Crippen molar-refractivity contribution < 1.29 is 4.42 Å². The highest BCUT2D eigenvalue weighted by Crippen LogP contribution is 2.23. The van der Waals surface area contributed by atoms with Crippen LogP contribution < -0.4 is 5.32 Å². The van der Waals surface area contributed by atoms with E-state index < -0.39 is 0 Å². The van der Waals surface area contributed by atoms with Crippen LogP contribution in [0.5, 0.6) is 0 Å². The highest BCUT2D eigenvalue weighted by Gasteiger charge is 2.07. The Morgan fingerprint density at radius 2 is 2.33 bits per heavy atom. The summed E-state index contributed by atoms with van der Waals surface area (Å²) < 4.78 is 5.47. The van der Waals surface area contributed by atoms with Crippen molar-refractivity contribution in [2.45, 2.75) is 19.9 Å². The second-order valence-electron chi connectivity index (χ2n) is 3.70. The first-order valence-corrected chi connectivity index (χ1v) is 5.98. The predicted octanol–water partition coefficient (Wildman–Crippen LogP) is 3.37. The summed E-state index contributed by atoms with van der Waals surface area (Å²) in [4.78, 5) is 4.13. The maximum Gasteiger partial charge on any atom is 0.213 e. The lowest BCUT2D eigenvalue weighted by Gasteiger charge is -2.06. The monoisotopic (exact) mass is 261 g/mol. The summed E-state index contributed by atoms with van der Waals surface area (Å²) in [5.74, 6) is 1.44. The van der Waals surface area contributed by atoms with Crippen LogP contribution in [-0.2, 0) is 13.0 Å². The maximum atomic E-state index is 9.03. The maximum absolute atomic E-state index is 9.03. The van der Waals surface area contributed by atoms with Crippen molar-refractivity contribution in [3.05, 3.63) is 46.6 Å². The Morgan fingerprint density at radius 1 is 1.50 bits per heavy atom. The lowest BCUT2D eigenvalue weighted by Crippen LogP contribution is -2.01. The zero-order valence-electron chi connectivity index (χ0n) is 9.90. The van der Waals surface area contributed by atoms with Gasteiger partial charge in [0.1, 0.15) is 11.8 Å². The molecule has 0 fully saturated rings.